The number of thiocarbonyl (C=S) groups is 1. The van der Waals surface area contributed by atoms with Gasteiger partial charge in [0, 0.05) is 30.2 Å². The Labute approximate surface area is 148 Å². The Morgan fingerprint density at radius 2 is 1.92 bits per heavy atom. The number of halogens is 3. The van der Waals surface area contributed by atoms with E-state index in [0.717, 1.165) is 25.7 Å². The lowest BCUT2D eigenvalue weighted by Crippen LogP contribution is -2.14. The Hall–Kier alpha value is -2.18. The summed E-state index contributed by atoms with van der Waals surface area (Å²) in [6.07, 6.45) is -0.626. The molecule has 0 unspecified atom stereocenters. The van der Waals surface area contributed by atoms with Crippen molar-refractivity contribution in [3.05, 3.63) is 40.2 Å². The summed E-state index contributed by atoms with van der Waals surface area (Å²) in [7, 11) is 0. The van der Waals surface area contributed by atoms with Gasteiger partial charge in [0.2, 0.25) is 5.56 Å². The van der Waals surface area contributed by atoms with Gasteiger partial charge in [0.15, 0.2) is 0 Å². The van der Waals surface area contributed by atoms with E-state index in [1.165, 1.54) is 12.1 Å². The maximum Gasteiger partial charge on any atom is 0.417 e. The molecule has 1 aromatic heterocycles. The molecule has 4 nitrogen and oxygen atoms in total. The van der Waals surface area contributed by atoms with E-state index in [-0.39, 0.29) is 10.9 Å². The molecule has 2 aromatic rings. The highest BCUT2D eigenvalue weighted by atomic mass is 32.1. The van der Waals surface area contributed by atoms with E-state index in [2.05, 4.69) is 32.7 Å². The van der Waals surface area contributed by atoms with Crippen LogP contribution in [0.5, 0.6) is 0 Å². The van der Waals surface area contributed by atoms with Crippen LogP contribution in [0.2, 0.25) is 0 Å². The molecular weight excluding hydrogens is 351 g/mol. The molecule has 2 rings (SSSR count). The van der Waals surface area contributed by atoms with Crippen LogP contribution in [-0.2, 0) is 6.18 Å². The monoisotopic (exact) mass is 369 g/mol. The van der Waals surface area contributed by atoms with Crippen molar-refractivity contribution in [2.45, 2.75) is 31.9 Å². The first kappa shape index (κ1) is 19.1. The first-order valence-corrected chi connectivity index (χ1v) is 8.34. The lowest BCUT2D eigenvalue weighted by Gasteiger charge is -2.12. The van der Waals surface area contributed by atoms with Crippen LogP contribution in [0.15, 0.2) is 34.1 Å². The molecule has 2 N–H and O–H groups in total. The Morgan fingerprint density at radius 1 is 1.16 bits per heavy atom. The minimum Gasteiger partial charge on any atom is -0.385 e. The highest BCUT2D eigenvalue weighted by Gasteiger charge is 2.33. The fraction of sp³-hybridized carbons (Fsp3) is 0.412. The zero-order valence-corrected chi connectivity index (χ0v) is 14.3. The van der Waals surface area contributed by atoms with Crippen LogP contribution in [-0.4, -0.2) is 23.2 Å². The molecule has 0 aliphatic heterocycles. The zero-order chi connectivity index (χ0) is 18.3. The lowest BCUT2D eigenvalue weighted by molar-refractivity contribution is -0.136. The van der Waals surface area contributed by atoms with E-state index < -0.39 is 17.3 Å². The lowest BCUT2D eigenvalue weighted by atomic mass is 10.1. The summed E-state index contributed by atoms with van der Waals surface area (Å²) in [6.45, 7) is 1.39. The molecule has 0 bridgehead atoms. The summed E-state index contributed by atoms with van der Waals surface area (Å²) in [4.78, 5) is 17.8. The smallest absolute Gasteiger partial charge is 0.385 e. The fourth-order valence-electron chi connectivity index (χ4n) is 2.55. The Bertz CT molecular complexity index is 826. The van der Waals surface area contributed by atoms with Crippen molar-refractivity contribution in [3.63, 3.8) is 0 Å². The topological polar surface area (TPSA) is 57.2 Å². The van der Waals surface area contributed by atoms with Crippen molar-refractivity contribution in [2.75, 3.05) is 18.4 Å². The van der Waals surface area contributed by atoms with Gasteiger partial charge in [-0.05, 0) is 37.2 Å². The quantitative estimate of drug-likeness (QED) is 0.405. The van der Waals surface area contributed by atoms with Gasteiger partial charge >= 0.3 is 6.18 Å². The average Bonchev–Trinajstić information content (AvgIpc) is 2.55. The summed E-state index contributed by atoms with van der Waals surface area (Å²) in [5.41, 5.74) is -0.844. The number of nitrogens with one attached hydrogen (secondary N) is 2. The molecular formula is C17H18F3N3OS. The normalized spacial score (nSPS) is 11.3. The van der Waals surface area contributed by atoms with Gasteiger partial charge < -0.3 is 10.3 Å². The number of rotatable bonds is 8. The number of aliphatic imine (C=N–C) groups is 1. The molecule has 0 saturated carbocycles. The molecule has 0 spiro atoms. The second kappa shape index (κ2) is 8.78. The third kappa shape index (κ3) is 5.69. The first-order chi connectivity index (χ1) is 11.9. The van der Waals surface area contributed by atoms with Crippen LogP contribution >= 0.6 is 12.2 Å². The van der Waals surface area contributed by atoms with Gasteiger partial charge in [0.25, 0.3) is 0 Å². The van der Waals surface area contributed by atoms with Gasteiger partial charge in [0.05, 0.1) is 16.2 Å². The predicted octanol–water partition coefficient (Wildman–Crippen LogP) is 4.62. The number of anilines is 1. The first-order valence-electron chi connectivity index (χ1n) is 7.93. The van der Waals surface area contributed by atoms with Gasteiger partial charge in [-0.1, -0.05) is 18.9 Å². The van der Waals surface area contributed by atoms with Crippen LogP contribution < -0.4 is 10.9 Å². The maximum absolute atomic E-state index is 13.0. The summed E-state index contributed by atoms with van der Waals surface area (Å²) in [6, 6.07) is 5.08. The van der Waals surface area contributed by atoms with E-state index in [9.17, 15) is 18.0 Å². The molecule has 0 aliphatic carbocycles. The number of alkyl halides is 3. The van der Waals surface area contributed by atoms with Crippen LogP contribution in [0.4, 0.5) is 18.9 Å². The van der Waals surface area contributed by atoms with E-state index in [1.54, 1.807) is 6.07 Å². The van der Waals surface area contributed by atoms with Gasteiger partial charge in [0.1, 0.15) is 0 Å². The van der Waals surface area contributed by atoms with Crippen molar-refractivity contribution in [1.29, 1.82) is 0 Å². The summed E-state index contributed by atoms with van der Waals surface area (Å²) >= 11 is 4.48. The number of hydrogen-bond donors (Lipinski definition) is 2. The highest BCUT2D eigenvalue weighted by molar-refractivity contribution is 7.78. The number of aromatic amines is 1. The standard InChI is InChI=1S/C17H18F3N3OS/c18-17(19,20)14-10-16(24)23-15-9-12(5-6-13(14)15)22-8-4-2-1-3-7-21-11-25/h5-6,9-10,22H,1-4,7-8H2,(H,23,24). The molecule has 0 aliphatic rings. The number of fused-ring (bicyclic) bond motifs is 1. The second-order valence-corrected chi connectivity index (χ2v) is 5.80. The van der Waals surface area contributed by atoms with Crippen LogP contribution in [0, 0.1) is 0 Å². The number of unbranched alkanes of at least 4 members (excludes halogenated alkanes) is 3. The fourth-order valence-corrected chi connectivity index (χ4v) is 2.64. The minimum atomic E-state index is -4.56. The second-order valence-electron chi connectivity index (χ2n) is 5.62. The summed E-state index contributed by atoms with van der Waals surface area (Å²) < 4.78 is 39.0. The van der Waals surface area contributed by atoms with Crippen molar-refractivity contribution < 1.29 is 13.2 Å². The Kier molecular flexibility index (Phi) is 6.73. The van der Waals surface area contributed by atoms with Gasteiger partial charge in [-0.25, -0.2) is 4.99 Å². The molecule has 25 heavy (non-hydrogen) atoms. The van der Waals surface area contributed by atoms with E-state index in [4.69, 9.17) is 0 Å². The number of isothiocyanates is 1. The van der Waals surface area contributed by atoms with Gasteiger partial charge in [-0.3, -0.25) is 4.79 Å². The van der Waals surface area contributed by atoms with Crippen molar-refractivity contribution in [1.82, 2.24) is 4.98 Å². The third-order valence-electron chi connectivity index (χ3n) is 3.74. The van der Waals surface area contributed by atoms with Crippen LogP contribution in [0.1, 0.15) is 31.2 Å². The molecule has 0 amide bonds. The van der Waals surface area contributed by atoms with Gasteiger partial charge in [-0.2, -0.15) is 13.2 Å². The SMILES string of the molecule is O=c1cc(C(F)(F)F)c2ccc(NCCCCCCN=C=S)cc2[nH]1. The Morgan fingerprint density at radius 3 is 2.64 bits per heavy atom. The van der Waals surface area contributed by atoms with E-state index >= 15 is 0 Å². The van der Waals surface area contributed by atoms with E-state index in [0.29, 0.717) is 24.8 Å². The molecule has 1 aromatic carbocycles. The molecule has 1 heterocycles. The molecule has 0 atom stereocenters. The van der Waals surface area contributed by atoms with Crippen molar-refractivity contribution in [2.24, 2.45) is 4.99 Å². The number of pyridine rings is 1. The van der Waals surface area contributed by atoms with Crippen molar-refractivity contribution in [3.8, 4) is 0 Å². The molecule has 0 fully saturated rings. The van der Waals surface area contributed by atoms with Crippen LogP contribution in [0.25, 0.3) is 10.9 Å². The Balaban J connectivity index is 1.97. The number of H-pyrrole nitrogens is 1. The van der Waals surface area contributed by atoms with Crippen molar-refractivity contribution >= 4 is 34.0 Å². The number of benzene rings is 1. The zero-order valence-electron chi connectivity index (χ0n) is 13.4. The molecule has 0 radical (unpaired) electrons. The molecule has 134 valence electrons. The molecule has 8 heteroatoms. The number of aromatic nitrogens is 1. The average molecular weight is 369 g/mol. The molecule has 0 saturated heterocycles. The largest absolute Gasteiger partial charge is 0.417 e. The highest BCUT2D eigenvalue weighted by Crippen LogP contribution is 2.33. The number of hydrogen-bond acceptors (Lipinski definition) is 4. The van der Waals surface area contributed by atoms with Gasteiger partial charge in [-0.15, -0.1) is 0 Å². The summed E-state index contributed by atoms with van der Waals surface area (Å²) in [5, 5.41) is 5.47. The maximum atomic E-state index is 13.0. The van der Waals surface area contributed by atoms with Crippen LogP contribution in [0.3, 0.4) is 0 Å². The minimum absolute atomic E-state index is 0.0169. The third-order valence-corrected chi connectivity index (χ3v) is 3.87. The predicted molar refractivity (Wildman–Crippen MR) is 96.4 cm³/mol. The number of nitrogens with zero attached hydrogens (tertiary/aromatic N) is 1. The summed E-state index contributed by atoms with van der Waals surface area (Å²) in [5.74, 6) is 0. The van der Waals surface area contributed by atoms with E-state index in [1.807, 2.05) is 0 Å².